The molecule has 2 unspecified atom stereocenters. The summed E-state index contributed by atoms with van der Waals surface area (Å²) in [6, 6.07) is 0.330. The van der Waals surface area contributed by atoms with E-state index in [1.807, 2.05) is 7.05 Å². The number of likely N-dealkylation sites (N-methyl/N-ethyl adjacent to an activating group) is 1. The van der Waals surface area contributed by atoms with Crippen LogP contribution in [0.5, 0.6) is 0 Å². The van der Waals surface area contributed by atoms with Gasteiger partial charge >= 0.3 is 0 Å². The third-order valence-corrected chi connectivity index (χ3v) is 2.69. The van der Waals surface area contributed by atoms with E-state index in [0.29, 0.717) is 19.1 Å². The van der Waals surface area contributed by atoms with Gasteiger partial charge in [0.25, 0.3) is 0 Å². The molecule has 0 aliphatic carbocycles. The van der Waals surface area contributed by atoms with Gasteiger partial charge in [-0.05, 0) is 13.5 Å². The Kier molecular flexibility index (Phi) is 3.83. The van der Waals surface area contributed by atoms with Crippen LogP contribution in [-0.4, -0.2) is 51.5 Å². The van der Waals surface area contributed by atoms with E-state index in [1.165, 1.54) is 0 Å². The van der Waals surface area contributed by atoms with E-state index in [4.69, 9.17) is 4.55 Å². The quantitative estimate of drug-likeness (QED) is 0.583. The lowest BCUT2D eigenvalue weighted by atomic mass is 10.3. The number of rotatable bonds is 3. The molecular weight excluding hydrogens is 192 g/mol. The fraction of sp³-hybridized carbons (Fsp3) is 0.857. The predicted octanol–water partition coefficient (Wildman–Crippen LogP) is -0.972. The first kappa shape index (κ1) is 10.6. The standard InChI is InChI=1S/C7H14N2O3S/c1-8-6-2-3-9(4-6)7(10)5-13(11)12/h6,8H,2-5H2,1H3,(H,11,12). The lowest BCUT2D eigenvalue weighted by molar-refractivity contribution is -0.127. The highest BCUT2D eigenvalue weighted by Crippen LogP contribution is 2.08. The molecule has 1 saturated heterocycles. The number of hydrogen-bond acceptors (Lipinski definition) is 3. The lowest BCUT2D eigenvalue weighted by Crippen LogP contribution is -2.35. The monoisotopic (exact) mass is 206 g/mol. The normalized spacial score (nSPS) is 24.8. The zero-order chi connectivity index (χ0) is 9.84. The zero-order valence-electron chi connectivity index (χ0n) is 7.52. The Morgan fingerprint density at radius 3 is 2.92 bits per heavy atom. The fourth-order valence-electron chi connectivity index (χ4n) is 1.42. The summed E-state index contributed by atoms with van der Waals surface area (Å²) in [4.78, 5) is 12.9. The lowest BCUT2D eigenvalue weighted by Gasteiger charge is -2.14. The van der Waals surface area contributed by atoms with Crippen molar-refractivity contribution in [3.05, 3.63) is 0 Å². The molecule has 0 aromatic heterocycles. The van der Waals surface area contributed by atoms with Gasteiger partial charge in [-0.2, -0.15) is 0 Å². The maximum atomic E-state index is 11.3. The van der Waals surface area contributed by atoms with Crippen molar-refractivity contribution < 1.29 is 13.6 Å². The number of nitrogens with zero attached hydrogens (tertiary/aromatic N) is 1. The van der Waals surface area contributed by atoms with Gasteiger partial charge in [0.1, 0.15) is 5.75 Å². The summed E-state index contributed by atoms with van der Waals surface area (Å²) in [5.74, 6) is -0.519. The van der Waals surface area contributed by atoms with E-state index >= 15 is 0 Å². The second-order valence-corrected chi connectivity index (χ2v) is 4.01. The van der Waals surface area contributed by atoms with E-state index < -0.39 is 11.1 Å². The summed E-state index contributed by atoms with van der Waals surface area (Å²) < 4.78 is 18.9. The molecule has 1 aliphatic heterocycles. The van der Waals surface area contributed by atoms with Gasteiger partial charge in [0.15, 0.2) is 11.1 Å². The summed E-state index contributed by atoms with van der Waals surface area (Å²) in [6.07, 6.45) is 0.917. The molecule has 5 nitrogen and oxygen atoms in total. The van der Waals surface area contributed by atoms with E-state index in [0.717, 1.165) is 6.42 Å². The number of carbonyl (C=O) groups excluding carboxylic acids is 1. The molecule has 1 fully saturated rings. The second kappa shape index (κ2) is 4.69. The SMILES string of the molecule is CNC1CCN(C(=O)CS(=O)O)C1. The van der Waals surface area contributed by atoms with Gasteiger partial charge in [-0.1, -0.05) is 0 Å². The molecule has 2 atom stereocenters. The molecule has 0 radical (unpaired) electrons. The molecule has 1 rings (SSSR count). The predicted molar refractivity (Wildman–Crippen MR) is 49.7 cm³/mol. The smallest absolute Gasteiger partial charge is 0.237 e. The third-order valence-electron chi connectivity index (χ3n) is 2.20. The van der Waals surface area contributed by atoms with Gasteiger partial charge in [-0.25, -0.2) is 4.21 Å². The Labute approximate surface area is 79.8 Å². The maximum absolute atomic E-state index is 11.3. The number of nitrogens with one attached hydrogen (secondary N) is 1. The van der Waals surface area contributed by atoms with Crippen molar-refractivity contribution in [1.29, 1.82) is 0 Å². The fourth-order valence-corrected chi connectivity index (χ4v) is 1.81. The number of hydrogen-bond donors (Lipinski definition) is 2. The van der Waals surface area contributed by atoms with Crippen molar-refractivity contribution >= 4 is 17.0 Å². The average Bonchev–Trinajstić information content (AvgIpc) is 2.50. The van der Waals surface area contributed by atoms with Crippen LogP contribution in [0.1, 0.15) is 6.42 Å². The zero-order valence-corrected chi connectivity index (χ0v) is 8.34. The molecule has 1 aliphatic rings. The summed E-state index contributed by atoms with van der Waals surface area (Å²) in [6.45, 7) is 1.33. The largest absolute Gasteiger partial charge is 0.340 e. The minimum absolute atomic E-state index is 0.237. The molecule has 76 valence electrons. The third kappa shape index (κ3) is 3.06. The van der Waals surface area contributed by atoms with E-state index in [2.05, 4.69) is 5.32 Å². The van der Waals surface area contributed by atoms with Crippen LogP contribution in [-0.2, 0) is 15.9 Å². The Hall–Kier alpha value is -0.460. The number of carbonyl (C=O) groups is 1. The van der Waals surface area contributed by atoms with Crippen molar-refractivity contribution in [2.75, 3.05) is 25.9 Å². The molecule has 0 bridgehead atoms. The summed E-state index contributed by atoms with van der Waals surface area (Å²) in [5.41, 5.74) is 0. The number of amides is 1. The Morgan fingerprint density at radius 2 is 2.46 bits per heavy atom. The van der Waals surface area contributed by atoms with Crippen LogP contribution in [0.3, 0.4) is 0 Å². The van der Waals surface area contributed by atoms with E-state index in [1.54, 1.807) is 4.90 Å². The van der Waals surface area contributed by atoms with Crippen molar-refractivity contribution in [1.82, 2.24) is 10.2 Å². The highest BCUT2D eigenvalue weighted by molar-refractivity contribution is 7.80. The van der Waals surface area contributed by atoms with Gasteiger partial charge in [0.2, 0.25) is 5.91 Å². The molecular formula is C7H14N2O3S. The van der Waals surface area contributed by atoms with E-state index in [9.17, 15) is 9.00 Å². The summed E-state index contributed by atoms with van der Waals surface area (Å²) in [7, 11) is 1.85. The summed E-state index contributed by atoms with van der Waals surface area (Å²) >= 11 is -2.02. The highest BCUT2D eigenvalue weighted by Gasteiger charge is 2.25. The van der Waals surface area contributed by atoms with Gasteiger partial charge in [0, 0.05) is 19.1 Å². The molecule has 0 aromatic carbocycles. The molecule has 1 amide bonds. The van der Waals surface area contributed by atoms with Gasteiger partial charge < -0.3 is 14.8 Å². The van der Waals surface area contributed by atoms with Crippen LogP contribution in [0, 0.1) is 0 Å². The second-order valence-electron chi connectivity index (χ2n) is 3.08. The van der Waals surface area contributed by atoms with Crippen LogP contribution in [0.15, 0.2) is 0 Å². The topological polar surface area (TPSA) is 69.6 Å². The molecule has 2 N–H and O–H groups in total. The maximum Gasteiger partial charge on any atom is 0.237 e. The van der Waals surface area contributed by atoms with E-state index in [-0.39, 0.29) is 11.7 Å². The van der Waals surface area contributed by atoms with Crippen molar-refractivity contribution in [2.45, 2.75) is 12.5 Å². The van der Waals surface area contributed by atoms with Crippen molar-refractivity contribution in [3.8, 4) is 0 Å². The minimum atomic E-state index is -2.02. The van der Waals surface area contributed by atoms with Crippen LogP contribution in [0.2, 0.25) is 0 Å². The molecule has 0 saturated carbocycles. The first-order valence-electron chi connectivity index (χ1n) is 4.16. The van der Waals surface area contributed by atoms with Crippen LogP contribution in [0.4, 0.5) is 0 Å². The Morgan fingerprint density at radius 1 is 1.77 bits per heavy atom. The highest BCUT2D eigenvalue weighted by atomic mass is 32.2. The van der Waals surface area contributed by atoms with Gasteiger partial charge in [-0.15, -0.1) is 0 Å². The van der Waals surface area contributed by atoms with Crippen LogP contribution >= 0.6 is 0 Å². The van der Waals surface area contributed by atoms with Gasteiger partial charge in [-0.3, -0.25) is 4.79 Å². The summed E-state index contributed by atoms with van der Waals surface area (Å²) in [5, 5.41) is 3.07. The molecule has 1 heterocycles. The molecule has 0 spiro atoms. The molecule has 13 heavy (non-hydrogen) atoms. The minimum Gasteiger partial charge on any atom is -0.340 e. The van der Waals surface area contributed by atoms with Crippen molar-refractivity contribution in [2.24, 2.45) is 0 Å². The van der Waals surface area contributed by atoms with Gasteiger partial charge in [0.05, 0.1) is 0 Å². The number of likely N-dealkylation sites (tertiary alicyclic amines) is 1. The van der Waals surface area contributed by atoms with Crippen LogP contribution < -0.4 is 5.32 Å². The average molecular weight is 206 g/mol. The van der Waals surface area contributed by atoms with Crippen molar-refractivity contribution in [3.63, 3.8) is 0 Å². The van der Waals surface area contributed by atoms with Crippen LogP contribution in [0.25, 0.3) is 0 Å². The molecule has 0 aromatic rings. The Bertz CT molecular complexity index is 222. The Balaban J connectivity index is 2.37. The first-order chi connectivity index (χ1) is 6.13. The molecule has 6 heteroatoms. The first-order valence-corrected chi connectivity index (χ1v) is 5.43.